The van der Waals surface area contributed by atoms with E-state index >= 15 is 0 Å². The molecule has 2 N–H and O–H groups in total. The second kappa shape index (κ2) is 10.5. The van der Waals surface area contributed by atoms with E-state index in [1.165, 1.54) is 12.1 Å². The zero-order chi connectivity index (χ0) is 20.5. The molecule has 0 aliphatic carbocycles. The Labute approximate surface area is 170 Å². The summed E-state index contributed by atoms with van der Waals surface area (Å²) in [5.41, 5.74) is 0.990. The fraction of sp³-hybridized carbons (Fsp3) is 0.429. The Bertz CT molecular complexity index is 784. The number of amides is 1. The van der Waals surface area contributed by atoms with E-state index in [0.29, 0.717) is 38.6 Å². The number of rotatable bonds is 7. The molecule has 29 heavy (non-hydrogen) atoms. The zero-order valence-corrected chi connectivity index (χ0v) is 16.7. The number of nitrogens with one attached hydrogen (secondary N) is 2. The number of benzene rings is 1. The highest BCUT2D eigenvalue weighted by atomic mass is 19.1. The summed E-state index contributed by atoms with van der Waals surface area (Å²) >= 11 is 0. The van der Waals surface area contributed by atoms with Gasteiger partial charge in [-0.15, -0.1) is 0 Å². The lowest BCUT2D eigenvalue weighted by Crippen LogP contribution is -2.49. The van der Waals surface area contributed by atoms with Crippen molar-refractivity contribution >= 4 is 17.6 Å². The van der Waals surface area contributed by atoms with Crippen LogP contribution >= 0.6 is 0 Å². The Morgan fingerprint density at radius 1 is 1.10 bits per heavy atom. The van der Waals surface area contributed by atoms with Crippen molar-refractivity contribution in [3.63, 3.8) is 0 Å². The van der Waals surface area contributed by atoms with Crippen molar-refractivity contribution in [2.75, 3.05) is 51.2 Å². The molecule has 1 fully saturated rings. The highest BCUT2D eigenvalue weighted by Crippen LogP contribution is 2.17. The van der Waals surface area contributed by atoms with Gasteiger partial charge in [-0.3, -0.25) is 9.79 Å². The first-order chi connectivity index (χ1) is 14.2. The van der Waals surface area contributed by atoms with E-state index in [1.807, 2.05) is 17.0 Å². The molecule has 1 aliphatic heterocycles. The number of nitrogens with zero attached hydrogens (tertiary/aromatic N) is 3. The van der Waals surface area contributed by atoms with Gasteiger partial charge >= 0.3 is 0 Å². The van der Waals surface area contributed by atoms with Crippen molar-refractivity contribution in [1.82, 2.24) is 15.5 Å². The third-order valence-electron chi connectivity index (χ3n) is 4.92. The third kappa shape index (κ3) is 6.23. The minimum atomic E-state index is -0.236. The van der Waals surface area contributed by atoms with E-state index in [0.717, 1.165) is 31.0 Å². The number of carbonyl (C=O) groups excluding carboxylic acids is 1. The molecule has 1 amide bonds. The highest BCUT2D eigenvalue weighted by Gasteiger charge is 2.21. The Hall–Kier alpha value is -3.03. The predicted octanol–water partition coefficient (Wildman–Crippen LogP) is 1.87. The predicted molar refractivity (Wildman–Crippen MR) is 112 cm³/mol. The van der Waals surface area contributed by atoms with E-state index in [1.54, 1.807) is 25.4 Å². The molecule has 1 aliphatic rings. The summed E-state index contributed by atoms with van der Waals surface area (Å²) in [7, 11) is 1.71. The molecule has 0 spiro atoms. The summed E-state index contributed by atoms with van der Waals surface area (Å²) in [6.45, 7) is 4.07. The zero-order valence-electron chi connectivity index (χ0n) is 16.7. The molecule has 7 nitrogen and oxygen atoms in total. The number of hydrogen-bond acceptors (Lipinski definition) is 4. The second-order valence-corrected chi connectivity index (χ2v) is 6.85. The van der Waals surface area contributed by atoms with Crippen LogP contribution in [0.4, 0.5) is 10.1 Å². The van der Waals surface area contributed by atoms with E-state index < -0.39 is 0 Å². The molecule has 2 aromatic rings. The van der Waals surface area contributed by atoms with Crippen molar-refractivity contribution in [1.29, 1.82) is 0 Å². The van der Waals surface area contributed by atoms with Crippen molar-refractivity contribution in [2.45, 2.75) is 12.8 Å². The summed E-state index contributed by atoms with van der Waals surface area (Å²) in [5, 5.41) is 6.38. The lowest BCUT2D eigenvalue weighted by Gasteiger charge is -2.36. The van der Waals surface area contributed by atoms with Gasteiger partial charge in [0.1, 0.15) is 11.6 Å². The number of carbonyl (C=O) groups is 1. The van der Waals surface area contributed by atoms with Crippen LogP contribution in [0.1, 0.15) is 12.2 Å². The largest absolute Gasteiger partial charge is 0.469 e. The number of halogens is 1. The van der Waals surface area contributed by atoms with Crippen LogP contribution in [0, 0.1) is 5.82 Å². The van der Waals surface area contributed by atoms with Crippen LogP contribution in [0.3, 0.4) is 0 Å². The quantitative estimate of drug-likeness (QED) is 0.547. The molecule has 0 atom stereocenters. The summed E-state index contributed by atoms with van der Waals surface area (Å²) in [4.78, 5) is 20.7. The van der Waals surface area contributed by atoms with Gasteiger partial charge in [0.25, 0.3) is 0 Å². The van der Waals surface area contributed by atoms with Gasteiger partial charge in [-0.1, -0.05) is 0 Å². The molecule has 1 aromatic heterocycles. The molecule has 156 valence electrons. The van der Waals surface area contributed by atoms with E-state index in [4.69, 9.17) is 4.42 Å². The van der Waals surface area contributed by atoms with Crippen LogP contribution in [0.25, 0.3) is 0 Å². The van der Waals surface area contributed by atoms with Gasteiger partial charge in [0.15, 0.2) is 5.96 Å². The maximum atomic E-state index is 13.1. The molecule has 1 aromatic carbocycles. The van der Waals surface area contributed by atoms with Crippen LogP contribution < -0.4 is 15.5 Å². The average molecular weight is 401 g/mol. The minimum absolute atomic E-state index is 0.127. The smallest absolute Gasteiger partial charge is 0.224 e. The molecule has 1 saturated heterocycles. The van der Waals surface area contributed by atoms with E-state index in [-0.39, 0.29) is 11.7 Å². The molecular weight excluding hydrogens is 373 g/mol. The van der Waals surface area contributed by atoms with Crippen molar-refractivity contribution in [2.24, 2.45) is 4.99 Å². The number of hydrogen-bond donors (Lipinski definition) is 2. The monoisotopic (exact) mass is 401 g/mol. The standard InChI is InChI=1S/C21H28FN5O2/c1-23-21(24-10-8-19-3-2-16-29-19)25-11-9-20(28)27-14-12-26(13-15-27)18-6-4-17(22)5-7-18/h2-7,16H,8-15H2,1H3,(H2,23,24,25). The first-order valence-electron chi connectivity index (χ1n) is 9.91. The molecular formula is C21H28FN5O2. The van der Waals surface area contributed by atoms with Gasteiger partial charge in [0.05, 0.1) is 6.26 Å². The van der Waals surface area contributed by atoms with Gasteiger partial charge in [0.2, 0.25) is 5.91 Å². The van der Waals surface area contributed by atoms with Crippen LogP contribution in [0.2, 0.25) is 0 Å². The maximum Gasteiger partial charge on any atom is 0.224 e. The van der Waals surface area contributed by atoms with E-state index in [9.17, 15) is 9.18 Å². The lowest BCUT2D eigenvalue weighted by molar-refractivity contribution is -0.131. The van der Waals surface area contributed by atoms with Crippen LogP contribution in [-0.2, 0) is 11.2 Å². The van der Waals surface area contributed by atoms with Crippen LogP contribution in [0.15, 0.2) is 52.1 Å². The van der Waals surface area contributed by atoms with Crippen molar-refractivity contribution in [3.05, 3.63) is 54.2 Å². The minimum Gasteiger partial charge on any atom is -0.469 e. The summed E-state index contributed by atoms with van der Waals surface area (Å²) in [6.07, 6.45) is 2.84. The van der Waals surface area contributed by atoms with Gasteiger partial charge in [-0.25, -0.2) is 4.39 Å². The molecule has 0 saturated carbocycles. The van der Waals surface area contributed by atoms with Gasteiger partial charge in [-0.05, 0) is 36.4 Å². The van der Waals surface area contributed by atoms with Gasteiger partial charge in [0, 0.05) is 64.8 Å². The fourth-order valence-electron chi connectivity index (χ4n) is 3.29. The number of piperazine rings is 1. The number of anilines is 1. The average Bonchev–Trinajstić information content (AvgIpc) is 3.27. The first-order valence-corrected chi connectivity index (χ1v) is 9.91. The molecule has 2 heterocycles. The Morgan fingerprint density at radius 2 is 1.83 bits per heavy atom. The summed E-state index contributed by atoms with van der Waals surface area (Å²) in [6, 6.07) is 10.3. The van der Waals surface area contributed by atoms with Crippen LogP contribution in [0.5, 0.6) is 0 Å². The topological polar surface area (TPSA) is 73.1 Å². The number of guanidine groups is 1. The van der Waals surface area contributed by atoms with Gasteiger partial charge in [-0.2, -0.15) is 0 Å². The maximum absolute atomic E-state index is 13.1. The second-order valence-electron chi connectivity index (χ2n) is 6.85. The highest BCUT2D eigenvalue weighted by molar-refractivity contribution is 5.81. The number of furan rings is 1. The molecule has 3 rings (SSSR count). The summed E-state index contributed by atoms with van der Waals surface area (Å²) in [5.74, 6) is 1.48. The Balaban J connectivity index is 1.33. The molecule has 0 bridgehead atoms. The molecule has 0 radical (unpaired) electrons. The Morgan fingerprint density at radius 3 is 2.48 bits per heavy atom. The fourth-order valence-corrected chi connectivity index (χ4v) is 3.29. The Kier molecular flexibility index (Phi) is 7.49. The SMILES string of the molecule is CN=C(NCCC(=O)N1CCN(c2ccc(F)cc2)CC1)NCCc1ccco1. The van der Waals surface area contributed by atoms with Crippen molar-refractivity contribution in [3.8, 4) is 0 Å². The summed E-state index contributed by atoms with van der Waals surface area (Å²) < 4.78 is 18.4. The normalized spacial score (nSPS) is 14.8. The third-order valence-corrected chi connectivity index (χ3v) is 4.92. The number of aliphatic imine (C=N–C) groups is 1. The molecule has 0 unspecified atom stereocenters. The first kappa shape index (κ1) is 20.7. The van der Waals surface area contributed by atoms with E-state index in [2.05, 4.69) is 20.5 Å². The van der Waals surface area contributed by atoms with Crippen molar-refractivity contribution < 1.29 is 13.6 Å². The van der Waals surface area contributed by atoms with Crippen LogP contribution in [-0.4, -0.2) is 63.1 Å². The lowest BCUT2D eigenvalue weighted by atomic mass is 10.2. The van der Waals surface area contributed by atoms with Gasteiger partial charge < -0.3 is 24.9 Å². The molecule has 8 heteroatoms.